The van der Waals surface area contributed by atoms with Crippen LogP contribution in [-0.4, -0.2) is 36.3 Å². The minimum Gasteiger partial charge on any atom is -0.481 e. The monoisotopic (exact) mass is 309 g/mol. The van der Waals surface area contributed by atoms with Gasteiger partial charge in [0.25, 0.3) is 5.56 Å². The molecule has 2 N–H and O–H groups in total. The number of hydrogen-bond acceptors (Lipinski definition) is 5. The largest absolute Gasteiger partial charge is 0.481 e. The Kier molecular flexibility index (Phi) is 4.07. The first-order valence-electron chi connectivity index (χ1n) is 6.89. The summed E-state index contributed by atoms with van der Waals surface area (Å²) in [5.74, 6) is -0.549. The van der Waals surface area contributed by atoms with Crippen LogP contribution in [0.3, 0.4) is 0 Å². The fraction of sp³-hybridized carbons (Fsp3) is 0.538. The van der Waals surface area contributed by atoms with E-state index in [2.05, 4.69) is 10.3 Å². The first kappa shape index (κ1) is 15.8. The predicted octanol–water partition coefficient (Wildman–Crippen LogP) is -0.0988. The van der Waals surface area contributed by atoms with Gasteiger partial charge < -0.3 is 10.4 Å². The molecule has 0 fully saturated rings. The average molecular weight is 309 g/mol. The maximum absolute atomic E-state index is 12.2. The summed E-state index contributed by atoms with van der Waals surface area (Å²) in [5.41, 5.74) is -0.313. The van der Waals surface area contributed by atoms with Gasteiger partial charge >= 0.3 is 11.7 Å². The van der Waals surface area contributed by atoms with Crippen LogP contribution >= 0.6 is 0 Å². The number of aryl methyl sites for hydroxylation is 1. The van der Waals surface area contributed by atoms with Crippen molar-refractivity contribution in [3.05, 3.63) is 20.8 Å². The number of imidazole rings is 1. The molecule has 0 aliphatic carbocycles. The number of carboxylic acids is 1. The second-order valence-corrected chi connectivity index (χ2v) is 5.35. The summed E-state index contributed by atoms with van der Waals surface area (Å²) in [5, 5.41) is 11.6. The molecule has 0 atom stereocenters. The van der Waals surface area contributed by atoms with E-state index >= 15 is 0 Å². The standard InChI is InChI=1S/C13H19N5O4/c1-7(2)18-10-9(11(21)17(4)13(22)16(10)3)15-12(18)14-6-5-8(19)20/h7H,5-6H2,1-4H3,(H,14,15)(H,19,20). The van der Waals surface area contributed by atoms with Crippen molar-refractivity contribution in [3.63, 3.8) is 0 Å². The van der Waals surface area contributed by atoms with Gasteiger partial charge in [-0.1, -0.05) is 0 Å². The van der Waals surface area contributed by atoms with Crippen LogP contribution in [0.1, 0.15) is 26.3 Å². The molecule has 2 aromatic heterocycles. The number of carboxylic acid groups (broad SMARTS) is 1. The van der Waals surface area contributed by atoms with E-state index in [9.17, 15) is 14.4 Å². The topological polar surface area (TPSA) is 111 Å². The van der Waals surface area contributed by atoms with Crippen LogP contribution in [-0.2, 0) is 18.9 Å². The smallest absolute Gasteiger partial charge is 0.332 e. The number of fused-ring (bicyclic) bond motifs is 1. The zero-order valence-corrected chi connectivity index (χ0v) is 13.0. The summed E-state index contributed by atoms with van der Waals surface area (Å²) in [6.45, 7) is 3.97. The highest BCUT2D eigenvalue weighted by Gasteiger charge is 2.20. The van der Waals surface area contributed by atoms with Crippen molar-refractivity contribution >= 4 is 23.1 Å². The first-order chi connectivity index (χ1) is 10.3. The second-order valence-electron chi connectivity index (χ2n) is 5.35. The van der Waals surface area contributed by atoms with Crippen molar-refractivity contribution in [2.75, 3.05) is 11.9 Å². The molecule has 0 radical (unpaired) electrons. The zero-order chi connectivity index (χ0) is 16.6. The van der Waals surface area contributed by atoms with Gasteiger partial charge in [0.2, 0.25) is 5.95 Å². The first-order valence-corrected chi connectivity index (χ1v) is 6.89. The third-order valence-electron chi connectivity index (χ3n) is 3.42. The highest BCUT2D eigenvalue weighted by Crippen LogP contribution is 2.21. The third kappa shape index (κ3) is 2.49. The van der Waals surface area contributed by atoms with Crippen LogP contribution in [0.4, 0.5) is 5.95 Å². The molecular formula is C13H19N5O4. The summed E-state index contributed by atoms with van der Waals surface area (Å²) in [7, 11) is 2.97. The van der Waals surface area contributed by atoms with Crippen molar-refractivity contribution in [2.45, 2.75) is 26.3 Å². The molecule has 0 spiro atoms. The number of rotatable bonds is 5. The SMILES string of the molecule is CC(C)n1c(NCCC(=O)O)nc2c(=O)n(C)c(=O)n(C)c21. The molecule has 9 heteroatoms. The molecule has 0 unspecified atom stereocenters. The van der Waals surface area contributed by atoms with Crippen molar-refractivity contribution in [1.29, 1.82) is 0 Å². The summed E-state index contributed by atoms with van der Waals surface area (Å²) in [6.07, 6.45) is -0.0712. The summed E-state index contributed by atoms with van der Waals surface area (Å²) >= 11 is 0. The Morgan fingerprint density at radius 1 is 1.27 bits per heavy atom. The van der Waals surface area contributed by atoms with E-state index in [1.54, 1.807) is 11.6 Å². The highest BCUT2D eigenvalue weighted by molar-refractivity contribution is 5.74. The van der Waals surface area contributed by atoms with Gasteiger partial charge in [-0.05, 0) is 13.8 Å². The Morgan fingerprint density at radius 2 is 1.91 bits per heavy atom. The molecule has 0 aliphatic heterocycles. The van der Waals surface area contributed by atoms with E-state index in [1.165, 1.54) is 11.6 Å². The molecule has 0 saturated carbocycles. The van der Waals surface area contributed by atoms with E-state index in [-0.39, 0.29) is 24.5 Å². The number of carbonyl (C=O) groups is 1. The molecule has 2 heterocycles. The van der Waals surface area contributed by atoms with Gasteiger partial charge in [0.05, 0.1) is 6.42 Å². The van der Waals surface area contributed by atoms with Crippen LogP contribution in [0.15, 0.2) is 9.59 Å². The maximum atomic E-state index is 12.2. The van der Waals surface area contributed by atoms with Crippen molar-refractivity contribution in [3.8, 4) is 0 Å². The maximum Gasteiger partial charge on any atom is 0.332 e. The Labute approximate surface area is 125 Å². The Bertz CT molecular complexity index is 843. The van der Waals surface area contributed by atoms with E-state index in [1.807, 2.05) is 13.8 Å². The molecule has 0 saturated heterocycles. The lowest BCUT2D eigenvalue weighted by Crippen LogP contribution is -2.37. The zero-order valence-electron chi connectivity index (χ0n) is 13.0. The lowest BCUT2D eigenvalue weighted by atomic mass is 10.4. The van der Waals surface area contributed by atoms with Crippen molar-refractivity contribution < 1.29 is 9.90 Å². The molecule has 22 heavy (non-hydrogen) atoms. The van der Waals surface area contributed by atoms with Crippen molar-refractivity contribution in [1.82, 2.24) is 18.7 Å². The molecule has 2 aromatic rings. The van der Waals surface area contributed by atoms with E-state index in [0.29, 0.717) is 11.6 Å². The van der Waals surface area contributed by atoms with Crippen LogP contribution in [0.2, 0.25) is 0 Å². The third-order valence-corrected chi connectivity index (χ3v) is 3.42. The number of hydrogen-bond donors (Lipinski definition) is 2. The van der Waals surface area contributed by atoms with Crippen LogP contribution in [0.5, 0.6) is 0 Å². The van der Waals surface area contributed by atoms with Gasteiger partial charge in [0.15, 0.2) is 11.2 Å². The number of nitrogens with one attached hydrogen (secondary N) is 1. The number of aromatic nitrogens is 4. The minimum atomic E-state index is -0.928. The Balaban J connectivity index is 2.68. The van der Waals surface area contributed by atoms with Gasteiger partial charge in [-0.25, -0.2) is 9.78 Å². The number of anilines is 1. The normalized spacial score (nSPS) is 11.3. The van der Waals surface area contributed by atoms with E-state index < -0.39 is 17.2 Å². The lowest BCUT2D eigenvalue weighted by Gasteiger charge is -2.15. The lowest BCUT2D eigenvalue weighted by molar-refractivity contribution is -0.136. The quantitative estimate of drug-likeness (QED) is 0.798. The fourth-order valence-corrected chi connectivity index (χ4v) is 2.34. The molecule has 120 valence electrons. The molecule has 0 amide bonds. The van der Waals surface area contributed by atoms with Crippen LogP contribution in [0, 0.1) is 0 Å². The molecule has 0 aromatic carbocycles. The molecule has 2 rings (SSSR count). The number of aliphatic carboxylic acids is 1. The highest BCUT2D eigenvalue weighted by atomic mass is 16.4. The predicted molar refractivity (Wildman–Crippen MR) is 81.3 cm³/mol. The van der Waals surface area contributed by atoms with E-state index in [4.69, 9.17) is 5.11 Å². The van der Waals surface area contributed by atoms with Gasteiger partial charge in [-0.15, -0.1) is 0 Å². The second kappa shape index (κ2) is 5.66. The number of nitrogens with zero attached hydrogens (tertiary/aromatic N) is 4. The average Bonchev–Trinajstić information content (AvgIpc) is 2.82. The van der Waals surface area contributed by atoms with Gasteiger partial charge in [0, 0.05) is 26.7 Å². The summed E-state index contributed by atoms with van der Waals surface area (Å²) in [4.78, 5) is 39.2. The van der Waals surface area contributed by atoms with Gasteiger partial charge in [-0.3, -0.25) is 23.3 Å². The molecule has 0 aliphatic rings. The van der Waals surface area contributed by atoms with Gasteiger partial charge in [-0.2, -0.15) is 0 Å². The molecule has 0 bridgehead atoms. The van der Waals surface area contributed by atoms with Crippen LogP contribution < -0.4 is 16.6 Å². The fourth-order valence-electron chi connectivity index (χ4n) is 2.34. The Morgan fingerprint density at radius 3 is 2.45 bits per heavy atom. The molecular weight excluding hydrogens is 290 g/mol. The summed E-state index contributed by atoms with van der Waals surface area (Å²) < 4.78 is 4.09. The Hall–Kier alpha value is -2.58. The minimum absolute atomic E-state index is 0.0602. The molecule has 9 nitrogen and oxygen atoms in total. The van der Waals surface area contributed by atoms with E-state index in [0.717, 1.165) is 4.57 Å². The van der Waals surface area contributed by atoms with Gasteiger partial charge in [0.1, 0.15) is 0 Å². The van der Waals surface area contributed by atoms with Crippen molar-refractivity contribution in [2.24, 2.45) is 14.1 Å². The van der Waals surface area contributed by atoms with Crippen LogP contribution in [0.25, 0.3) is 11.2 Å². The summed E-state index contributed by atoms with van der Waals surface area (Å²) in [6, 6.07) is -0.0602.